The average Bonchev–Trinajstić information content (AvgIpc) is 2.63. The van der Waals surface area contributed by atoms with Gasteiger partial charge in [0.05, 0.1) is 0 Å². The minimum atomic E-state index is 0.494. The molecular formula is C24H30. The van der Waals surface area contributed by atoms with Gasteiger partial charge in [0.2, 0.25) is 0 Å². The molecule has 0 aromatic carbocycles. The van der Waals surface area contributed by atoms with Crippen LogP contribution < -0.4 is 0 Å². The third-order valence-electron chi connectivity index (χ3n) is 4.32. The molecule has 0 heteroatoms. The lowest BCUT2D eigenvalue weighted by Crippen LogP contribution is -2.00. The Labute approximate surface area is 148 Å². The van der Waals surface area contributed by atoms with Crippen LogP contribution in [0.1, 0.15) is 44.9 Å². The second-order valence-electron chi connectivity index (χ2n) is 6.27. The van der Waals surface area contributed by atoms with E-state index in [0.717, 1.165) is 6.42 Å². The smallest absolute Gasteiger partial charge is 0.00175 e. The standard InChI is InChI=1S/C24H30/c1-3-7-11-15-19-23-21-17-13-9-5-2-6-10-14-18-22-24(23)20-16-12-8-4-1/h1,3-5,7-9,11-12,14-16,18-20,24H,2,6,10,13,17,21-22H2/b4-1-,7-3+,9-5-,12-8+,15-11+,18-14-,20-16+,23-19?. The summed E-state index contributed by atoms with van der Waals surface area (Å²) in [5.74, 6) is 0.494. The van der Waals surface area contributed by atoms with Gasteiger partial charge in [-0.1, -0.05) is 96.7 Å². The summed E-state index contributed by atoms with van der Waals surface area (Å²) in [4.78, 5) is 0. The molecule has 1 unspecified atom stereocenters. The predicted molar refractivity (Wildman–Crippen MR) is 108 cm³/mol. The zero-order valence-corrected chi connectivity index (χ0v) is 14.7. The van der Waals surface area contributed by atoms with Crippen molar-refractivity contribution in [2.45, 2.75) is 44.9 Å². The lowest BCUT2D eigenvalue weighted by atomic mass is 9.90. The molecule has 0 saturated heterocycles. The van der Waals surface area contributed by atoms with Crippen molar-refractivity contribution in [3.8, 4) is 0 Å². The van der Waals surface area contributed by atoms with Crippen LogP contribution in [0.2, 0.25) is 0 Å². The van der Waals surface area contributed by atoms with Crippen LogP contribution in [-0.4, -0.2) is 0 Å². The van der Waals surface area contributed by atoms with Gasteiger partial charge in [0.1, 0.15) is 0 Å². The maximum absolute atomic E-state index is 2.37. The molecule has 126 valence electrons. The number of rotatable bonds is 0. The highest BCUT2D eigenvalue weighted by Gasteiger charge is 2.09. The first kappa shape index (κ1) is 18.3. The second kappa shape index (κ2) is 12.4. The van der Waals surface area contributed by atoms with Crippen molar-refractivity contribution in [1.29, 1.82) is 0 Å². The predicted octanol–water partition coefficient (Wildman–Crippen LogP) is 7.18. The molecule has 0 amide bonds. The van der Waals surface area contributed by atoms with Crippen LogP contribution >= 0.6 is 0 Å². The van der Waals surface area contributed by atoms with E-state index < -0.39 is 0 Å². The lowest BCUT2D eigenvalue weighted by Gasteiger charge is -2.15. The molecule has 0 nitrogen and oxygen atoms in total. The number of allylic oxidation sites excluding steroid dienone is 16. The van der Waals surface area contributed by atoms with Crippen molar-refractivity contribution < 1.29 is 0 Å². The van der Waals surface area contributed by atoms with Crippen LogP contribution in [0.25, 0.3) is 0 Å². The third-order valence-corrected chi connectivity index (χ3v) is 4.32. The zero-order chi connectivity index (χ0) is 16.7. The quantitative estimate of drug-likeness (QED) is 0.415. The fourth-order valence-corrected chi connectivity index (χ4v) is 2.95. The molecule has 0 N–H and O–H groups in total. The summed E-state index contributed by atoms with van der Waals surface area (Å²) in [5, 5.41) is 0. The first-order chi connectivity index (χ1) is 12.0. The Morgan fingerprint density at radius 2 is 1.17 bits per heavy atom. The Hall–Kier alpha value is -2.08. The maximum atomic E-state index is 2.37. The summed E-state index contributed by atoms with van der Waals surface area (Å²) < 4.78 is 0. The van der Waals surface area contributed by atoms with Gasteiger partial charge in [0.15, 0.2) is 0 Å². The van der Waals surface area contributed by atoms with Gasteiger partial charge in [-0.25, -0.2) is 0 Å². The van der Waals surface area contributed by atoms with Crippen molar-refractivity contribution in [2.75, 3.05) is 0 Å². The van der Waals surface area contributed by atoms with E-state index in [1.54, 1.807) is 0 Å². The fraction of sp³-hybridized carbons (Fsp3) is 0.333. The van der Waals surface area contributed by atoms with Crippen LogP contribution in [0.5, 0.6) is 0 Å². The number of hydrogen-bond donors (Lipinski definition) is 0. The van der Waals surface area contributed by atoms with Crippen LogP contribution in [0.4, 0.5) is 0 Å². The van der Waals surface area contributed by atoms with Gasteiger partial charge in [0, 0.05) is 5.92 Å². The van der Waals surface area contributed by atoms with Crippen LogP contribution in [-0.2, 0) is 0 Å². The summed E-state index contributed by atoms with van der Waals surface area (Å²) in [6.45, 7) is 0. The minimum Gasteiger partial charge on any atom is -0.0885 e. The minimum absolute atomic E-state index is 0.494. The van der Waals surface area contributed by atoms with E-state index in [0.29, 0.717) is 5.92 Å². The van der Waals surface area contributed by atoms with Gasteiger partial charge >= 0.3 is 0 Å². The highest BCUT2D eigenvalue weighted by Crippen LogP contribution is 2.24. The van der Waals surface area contributed by atoms with Crippen molar-refractivity contribution in [3.05, 3.63) is 96.7 Å². The lowest BCUT2D eigenvalue weighted by molar-refractivity contribution is 0.692. The molecule has 0 aromatic rings. The molecule has 2 rings (SSSR count). The Balaban J connectivity index is 2.21. The van der Waals surface area contributed by atoms with Crippen molar-refractivity contribution in [1.82, 2.24) is 0 Å². The molecule has 0 aliphatic heterocycles. The van der Waals surface area contributed by atoms with Crippen LogP contribution in [0.15, 0.2) is 96.7 Å². The topological polar surface area (TPSA) is 0 Å². The monoisotopic (exact) mass is 318 g/mol. The van der Waals surface area contributed by atoms with E-state index in [4.69, 9.17) is 0 Å². The Bertz CT molecular complexity index is 573. The highest BCUT2D eigenvalue weighted by atomic mass is 14.1. The Kier molecular flexibility index (Phi) is 9.40. The number of hydrogen-bond acceptors (Lipinski definition) is 0. The van der Waals surface area contributed by atoms with E-state index in [-0.39, 0.29) is 0 Å². The van der Waals surface area contributed by atoms with E-state index in [9.17, 15) is 0 Å². The van der Waals surface area contributed by atoms with Gasteiger partial charge in [-0.2, -0.15) is 0 Å². The normalized spacial score (nSPS) is 32.3. The van der Waals surface area contributed by atoms with E-state index in [2.05, 4.69) is 91.1 Å². The third kappa shape index (κ3) is 7.97. The van der Waals surface area contributed by atoms with E-state index in [1.165, 1.54) is 44.1 Å². The zero-order valence-electron chi connectivity index (χ0n) is 14.7. The highest BCUT2D eigenvalue weighted by molar-refractivity contribution is 5.26. The fourth-order valence-electron chi connectivity index (χ4n) is 2.95. The summed E-state index contributed by atoms with van der Waals surface area (Å²) >= 11 is 0. The van der Waals surface area contributed by atoms with Gasteiger partial charge in [-0.15, -0.1) is 0 Å². The maximum Gasteiger partial charge on any atom is 0.00175 e. The summed E-state index contributed by atoms with van der Waals surface area (Å²) in [7, 11) is 0. The SMILES string of the molecule is C1=C2CCC/C=C\CCC/C=C\CC2/C=C/C=C/C=C\C=C\C=C\1. The molecule has 0 saturated carbocycles. The molecule has 24 heavy (non-hydrogen) atoms. The largest absolute Gasteiger partial charge is 0.0885 e. The summed E-state index contributed by atoms with van der Waals surface area (Å²) in [6, 6.07) is 0. The Morgan fingerprint density at radius 1 is 0.583 bits per heavy atom. The van der Waals surface area contributed by atoms with Gasteiger partial charge in [-0.3, -0.25) is 0 Å². The van der Waals surface area contributed by atoms with Crippen molar-refractivity contribution in [3.63, 3.8) is 0 Å². The Morgan fingerprint density at radius 3 is 1.92 bits per heavy atom. The molecule has 2 aliphatic carbocycles. The van der Waals surface area contributed by atoms with E-state index >= 15 is 0 Å². The first-order valence-corrected chi connectivity index (χ1v) is 9.31. The molecule has 0 fully saturated rings. The van der Waals surface area contributed by atoms with Gasteiger partial charge in [-0.05, 0) is 44.9 Å². The average molecular weight is 319 g/mol. The molecule has 0 radical (unpaired) electrons. The van der Waals surface area contributed by atoms with Crippen molar-refractivity contribution >= 4 is 0 Å². The molecule has 1 atom stereocenters. The molecule has 0 spiro atoms. The summed E-state index contributed by atoms with van der Waals surface area (Å²) in [6.07, 6.45) is 41.5. The van der Waals surface area contributed by atoms with Crippen LogP contribution in [0.3, 0.4) is 0 Å². The number of fused-ring (bicyclic) bond motifs is 1. The molecule has 0 aromatic heterocycles. The molecule has 0 bridgehead atoms. The van der Waals surface area contributed by atoms with Crippen LogP contribution in [0, 0.1) is 5.92 Å². The second-order valence-corrected chi connectivity index (χ2v) is 6.27. The van der Waals surface area contributed by atoms with Gasteiger partial charge in [0.25, 0.3) is 0 Å². The molecular weight excluding hydrogens is 288 g/mol. The molecule has 0 heterocycles. The van der Waals surface area contributed by atoms with Crippen molar-refractivity contribution in [2.24, 2.45) is 5.92 Å². The van der Waals surface area contributed by atoms with Gasteiger partial charge < -0.3 is 0 Å². The van der Waals surface area contributed by atoms with E-state index in [1.807, 2.05) is 0 Å². The molecule has 2 aliphatic rings. The first-order valence-electron chi connectivity index (χ1n) is 9.31. The summed E-state index contributed by atoms with van der Waals surface area (Å²) in [5.41, 5.74) is 1.54.